The molecule has 0 aliphatic heterocycles. The number of aromatic nitrogens is 1. The molecule has 0 radical (unpaired) electrons. The quantitative estimate of drug-likeness (QED) is 0.779. The zero-order chi connectivity index (χ0) is 14.1. The van der Waals surface area contributed by atoms with Crippen molar-refractivity contribution in [1.82, 2.24) is 4.98 Å². The Morgan fingerprint density at radius 1 is 1.05 bits per heavy atom. The second-order valence-electron chi connectivity index (χ2n) is 4.04. The van der Waals surface area contributed by atoms with Crippen molar-refractivity contribution in [2.24, 2.45) is 0 Å². The Kier molecular flexibility index (Phi) is 3.15. The van der Waals surface area contributed by atoms with Crippen molar-refractivity contribution in [3.05, 3.63) is 59.7 Å². The number of nitrogens with zero attached hydrogens (tertiary/aromatic N) is 1. The molecule has 0 aliphatic rings. The highest BCUT2D eigenvalue weighted by atomic mass is 32.1. The minimum absolute atomic E-state index is 0.304. The summed E-state index contributed by atoms with van der Waals surface area (Å²) in [7, 11) is 0. The van der Waals surface area contributed by atoms with Gasteiger partial charge in [-0.15, -0.1) is 0 Å². The first-order valence-corrected chi connectivity index (χ1v) is 6.58. The second kappa shape index (κ2) is 4.97. The molecular weight excluding hydrogens is 282 g/mol. The first kappa shape index (κ1) is 12.7. The summed E-state index contributed by atoms with van der Waals surface area (Å²) in [4.78, 5) is 16.1. The Morgan fingerprint density at radius 3 is 2.45 bits per heavy atom. The lowest BCUT2D eigenvalue weighted by molar-refractivity contribution is 0.101. The average Bonchev–Trinajstić information content (AvgIpc) is 2.80. The third-order valence-electron chi connectivity index (χ3n) is 2.70. The van der Waals surface area contributed by atoms with Crippen LogP contribution in [0.3, 0.4) is 0 Å². The fraction of sp³-hybridized carbons (Fsp3) is 0. The summed E-state index contributed by atoms with van der Waals surface area (Å²) in [6, 6.07) is 10.6. The van der Waals surface area contributed by atoms with Gasteiger partial charge < -0.3 is 0 Å². The molecule has 0 unspecified atom stereocenters. The van der Waals surface area contributed by atoms with Gasteiger partial charge in [-0.1, -0.05) is 29.5 Å². The van der Waals surface area contributed by atoms with E-state index in [-0.39, 0.29) is 0 Å². The van der Waals surface area contributed by atoms with E-state index in [1.807, 2.05) is 18.2 Å². The predicted octanol–water partition coefficient (Wildman–Crippen LogP) is 3.83. The summed E-state index contributed by atoms with van der Waals surface area (Å²) < 4.78 is 27.9. The van der Waals surface area contributed by atoms with Crippen LogP contribution >= 0.6 is 11.3 Å². The van der Waals surface area contributed by atoms with Gasteiger partial charge in [0.2, 0.25) is 0 Å². The molecule has 100 valence electrons. The van der Waals surface area contributed by atoms with E-state index in [0.717, 1.165) is 22.3 Å². The first-order valence-electron chi connectivity index (χ1n) is 5.76. The van der Waals surface area contributed by atoms with Gasteiger partial charge in [0.25, 0.3) is 5.91 Å². The van der Waals surface area contributed by atoms with Crippen LogP contribution in [0.25, 0.3) is 10.2 Å². The second-order valence-corrected chi connectivity index (χ2v) is 5.07. The number of carbonyl (C=O) groups is 1. The topological polar surface area (TPSA) is 42.0 Å². The van der Waals surface area contributed by atoms with Crippen LogP contribution in [0, 0.1) is 11.6 Å². The van der Waals surface area contributed by atoms with Gasteiger partial charge in [-0.3, -0.25) is 10.1 Å². The molecule has 3 rings (SSSR count). The fourth-order valence-electron chi connectivity index (χ4n) is 1.80. The van der Waals surface area contributed by atoms with E-state index in [0.29, 0.717) is 5.13 Å². The highest BCUT2D eigenvalue weighted by Crippen LogP contribution is 2.26. The summed E-state index contributed by atoms with van der Waals surface area (Å²) >= 11 is 1.24. The van der Waals surface area contributed by atoms with Crippen LogP contribution in [-0.2, 0) is 0 Å². The molecule has 0 bridgehead atoms. The normalized spacial score (nSPS) is 10.7. The van der Waals surface area contributed by atoms with Crippen LogP contribution in [-0.4, -0.2) is 10.9 Å². The molecule has 3 aromatic rings. The summed E-state index contributed by atoms with van der Waals surface area (Å²) in [6.07, 6.45) is 0. The molecular formula is C14H8F2N2OS. The standard InChI is InChI=1S/C14H8F2N2OS/c15-8-4-3-5-9(16)12(8)13(19)18-14-17-10-6-1-2-7-11(10)20-14/h1-7H,(H,17,18,19). The Morgan fingerprint density at radius 2 is 1.75 bits per heavy atom. The van der Waals surface area contributed by atoms with Gasteiger partial charge in [0.15, 0.2) is 5.13 Å². The molecule has 0 spiro atoms. The number of thiazole rings is 1. The van der Waals surface area contributed by atoms with Crippen molar-refractivity contribution in [2.75, 3.05) is 5.32 Å². The number of halogens is 2. The van der Waals surface area contributed by atoms with Crippen molar-refractivity contribution < 1.29 is 13.6 Å². The molecule has 1 N–H and O–H groups in total. The molecule has 1 aromatic heterocycles. The van der Waals surface area contributed by atoms with E-state index >= 15 is 0 Å². The molecule has 0 atom stereocenters. The molecule has 2 aromatic carbocycles. The maximum absolute atomic E-state index is 13.5. The van der Waals surface area contributed by atoms with E-state index < -0.39 is 23.1 Å². The summed E-state index contributed by atoms with van der Waals surface area (Å²) in [5, 5.41) is 2.72. The Bertz CT molecular complexity index is 747. The van der Waals surface area contributed by atoms with Crippen molar-refractivity contribution in [2.45, 2.75) is 0 Å². The van der Waals surface area contributed by atoms with Crippen LogP contribution < -0.4 is 5.32 Å². The third-order valence-corrected chi connectivity index (χ3v) is 3.66. The number of anilines is 1. The number of hydrogen-bond acceptors (Lipinski definition) is 3. The van der Waals surface area contributed by atoms with Crippen LogP contribution in [0.1, 0.15) is 10.4 Å². The first-order chi connectivity index (χ1) is 9.65. The molecule has 20 heavy (non-hydrogen) atoms. The minimum Gasteiger partial charge on any atom is -0.298 e. The van der Waals surface area contributed by atoms with E-state index in [4.69, 9.17) is 0 Å². The fourth-order valence-corrected chi connectivity index (χ4v) is 2.66. The molecule has 1 heterocycles. The lowest BCUT2D eigenvalue weighted by Crippen LogP contribution is -2.15. The molecule has 0 saturated carbocycles. The number of rotatable bonds is 2. The van der Waals surface area contributed by atoms with Crippen molar-refractivity contribution in [3.63, 3.8) is 0 Å². The average molecular weight is 290 g/mol. The van der Waals surface area contributed by atoms with Crippen LogP contribution in [0.2, 0.25) is 0 Å². The SMILES string of the molecule is O=C(Nc1nc2ccccc2s1)c1c(F)cccc1F. The lowest BCUT2D eigenvalue weighted by Gasteiger charge is -2.03. The number of nitrogens with one attached hydrogen (secondary N) is 1. The van der Waals surface area contributed by atoms with Crippen molar-refractivity contribution in [3.8, 4) is 0 Å². The molecule has 0 saturated heterocycles. The number of carbonyl (C=O) groups excluding carboxylic acids is 1. The highest BCUT2D eigenvalue weighted by molar-refractivity contribution is 7.22. The van der Waals surface area contributed by atoms with Crippen LogP contribution in [0.5, 0.6) is 0 Å². The van der Waals surface area contributed by atoms with Gasteiger partial charge in [-0.2, -0.15) is 0 Å². The molecule has 3 nitrogen and oxygen atoms in total. The largest absolute Gasteiger partial charge is 0.298 e. The van der Waals surface area contributed by atoms with E-state index in [9.17, 15) is 13.6 Å². The maximum atomic E-state index is 13.5. The molecule has 6 heteroatoms. The number of para-hydroxylation sites is 1. The maximum Gasteiger partial charge on any atom is 0.263 e. The summed E-state index contributed by atoms with van der Waals surface area (Å²) in [6.45, 7) is 0. The Labute approximate surface area is 116 Å². The molecule has 1 amide bonds. The van der Waals surface area contributed by atoms with Gasteiger partial charge in [0, 0.05) is 0 Å². The highest BCUT2D eigenvalue weighted by Gasteiger charge is 2.18. The van der Waals surface area contributed by atoms with Crippen molar-refractivity contribution in [1.29, 1.82) is 0 Å². The lowest BCUT2D eigenvalue weighted by atomic mass is 10.2. The molecule has 0 aliphatic carbocycles. The van der Waals surface area contributed by atoms with Crippen LogP contribution in [0.15, 0.2) is 42.5 Å². The van der Waals surface area contributed by atoms with E-state index in [1.54, 1.807) is 6.07 Å². The zero-order valence-corrected chi connectivity index (χ0v) is 10.9. The summed E-state index contributed by atoms with van der Waals surface area (Å²) in [5.74, 6) is -2.65. The van der Waals surface area contributed by atoms with Gasteiger partial charge in [0.05, 0.1) is 10.2 Å². The van der Waals surface area contributed by atoms with Gasteiger partial charge in [0.1, 0.15) is 17.2 Å². The van der Waals surface area contributed by atoms with Gasteiger partial charge >= 0.3 is 0 Å². The number of amides is 1. The number of benzene rings is 2. The number of hydrogen-bond donors (Lipinski definition) is 1. The third kappa shape index (κ3) is 2.25. The Hall–Kier alpha value is -2.34. The van der Waals surface area contributed by atoms with E-state index in [1.165, 1.54) is 17.4 Å². The molecule has 0 fully saturated rings. The van der Waals surface area contributed by atoms with E-state index in [2.05, 4.69) is 10.3 Å². The monoisotopic (exact) mass is 290 g/mol. The van der Waals surface area contributed by atoms with Crippen molar-refractivity contribution >= 4 is 32.6 Å². The van der Waals surface area contributed by atoms with Gasteiger partial charge in [-0.25, -0.2) is 13.8 Å². The van der Waals surface area contributed by atoms with Crippen LogP contribution in [0.4, 0.5) is 13.9 Å². The minimum atomic E-state index is -0.899. The Balaban J connectivity index is 1.92. The zero-order valence-electron chi connectivity index (χ0n) is 10.1. The summed E-state index contributed by atoms with van der Waals surface area (Å²) in [5.41, 5.74) is 0.119. The smallest absolute Gasteiger partial charge is 0.263 e. The predicted molar refractivity (Wildman–Crippen MR) is 73.9 cm³/mol. The van der Waals surface area contributed by atoms with Gasteiger partial charge in [-0.05, 0) is 24.3 Å². The number of fused-ring (bicyclic) bond motifs is 1.